The maximum Gasteiger partial charge on any atom is 0.0830 e. The van der Waals surface area contributed by atoms with Crippen molar-refractivity contribution in [3.05, 3.63) is 0 Å². The van der Waals surface area contributed by atoms with Crippen molar-refractivity contribution < 1.29 is 9.47 Å². The van der Waals surface area contributed by atoms with E-state index in [-0.39, 0.29) is 12.2 Å². The fourth-order valence-electron chi connectivity index (χ4n) is 2.57. The van der Waals surface area contributed by atoms with Crippen molar-refractivity contribution in [2.45, 2.75) is 64.1 Å². The molecule has 1 rings (SSSR count). The maximum absolute atomic E-state index is 5.47. The van der Waals surface area contributed by atoms with Crippen LogP contribution in [-0.4, -0.2) is 26.4 Å². The van der Waals surface area contributed by atoms with E-state index in [9.17, 15) is 0 Å². The SMILES string of the molecule is COC(C)C(CCC1CCCCC1)OC. The Labute approximate surface area is 94.3 Å². The molecule has 0 spiro atoms. The Hall–Kier alpha value is -0.0800. The molecule has 0 amide bonds. The molecule has 90 valence electrons. The molecular weight excluding hydrogens is 188 g/mol. The Morgan fingerprint density at radius 2 is 1.73 bits per heavy atom. The van der Waals surface area contributed by atoms with Crippen LogP contribution in [0.15, 0.2) is 0 Å². The summed E-state index contributed by atoms with van der Waals surface area (Å²) in [6.07, 6.45) is 10.1. The van der Waals surface area contributed by atoms with Gasteiger partial charge in [-0.1, -0.05) is 32.1 Å². The largest absolute Gasteiger partial charge is 0.379 e. The molecule has 0 aromatic rings. The van der Waals surface area contributed by atoms with Crippen molar-refractivity contribution in [3.8, 4) is 0 Å². The zero-order valence-electron chi connectivity index (χ0n) is 10.5. The van der Waals surface area contributed by atoms with E-state index in [1.807, 2.05) is 0 Å². The van der Waals surface area contributed by atoms with Gasteiger partial charge in [-0.15, -0.1) is 0 Å². The van der Waals surface area contributed by atoms with Crippen LogP contribution in [0.5, 0.6) is 0 Å². The summed E-state index contributed by atoms with van der Waals surface area (Å²) >= 11 is 0. The lowest BCUT2D eigenvalue weighted by atomic mass is 9.85. The van der Waals surface area contributed by atoms with Gasteiger partial charge in [0.2, 0.25) is 0 Å². The third-order valence-electron chi connectivity index (χ3n) is 3.78. The van der Waals surface area contributed by atoms with Crippen LogP contribution in [0.4, 0.5) is 0 Å². The standard InChI is InChI=1S/C13H26O2/c1-11(14-2)13(15-3)10-9-12-7-5-4-6-8-12/h11-13H,4-10H2,1-3H3. The molecule has 0 saturated heterocycles. The zero-order chi connectivity index (χ0) is 11.1. The monoisotopic (exact) mass is 214 g/mol. The van der Waals surface area contributed by atoms with Gasteiger partial charge in [0.25, 0.3) is 0 Å². The first-order chi connectivity index (χ1) is 7.27. The van der Waals surface area contributed by atoms with Gasteiger partial charge in [-0.3, -0.25) is 0 Å². The minimum absolute atomic E-state index is 0.221. The highest BCUT2D eigenvalue weighted by atomic mass is 16.5. The van der Waals surface area contributed by atoms with E-state index < -0.39 is 0 Å². The van der Waals surface area contributed by atoms with Crippen LogP contribution in [0.25, 0.3) is 0 Å². The minimum Gasteiger partial charge on any atom is -0.379 e. The van der Waals surface area contributed by atoms with E-state index in [1.54, 1.807) is 14.2 Å². The Morgan fingerprint density at radius 1 is 1.07 bits per heavy atom. The van der Waals surface area contributed by atoms with E-state index in [4.69, 9.17) is 9.47 Å². The lowest BCUT2D eigenvalue weighted by Crippen LogP contribution is -2.27. The zero-order valence-corrected chi connectivity index (χ0v) is 10.5. The third kappa shape index (κ3) is 4.52. The third-order valence-corrected chi connectivity index (χ3v) is 3.78. The molecular formula is C13H26O2. The fraction of sp³-hybridized carbons (Fsp3) is 1.00. The van der Waals surface area contributed by atoms with Gasteiger partial charge >= 0.3 is 0 Å². The highest BCUT2D eigenvalue weighted by Crippen LogP contribution is 2.28. The predicted octanol–water partition coefficient (Wildman–Crippen LogP) is 3.40. The summed E-state index contributed by atoms with van der Waals surface area (Å²) in [4.78, 5) is 0. The Kier molecular flexibility index (Phi) is 6.26. The quantitative estimate of drug-likeness (QED) is 0.674. The summed E-state index contributed by atoms with van der Waals surface area (Å²) < 4.78 is 10.8. The molecule has 15 heavy (non-hydrogen) atoms. The van der Waals surface area contributed by atoms with Crippen LogP contribution in [0, 0.1) is 5.92 Å². The molecule has 0 aromatic carbocycles. The molecule has 0 aliphatic heterocycles. The van der Waals surface area contributed by atoms with E-state index >= 15 is 0 Å². The van der Waals surface area contributed by atoms with Crippen molar-refractivity contribution in [3.63, 3.8) is 0 Å². The Morgan fingerprint density at radius 3 is 2.27 bits per heavy atom. The summed E-state index contributed by atoms with van der Waals surface area (Å²) in [5, 5.41) is 0. The van der Waals surface area contributed by atoms with E-state index in [0.717, 1.165) is 12.3 Å². The molecule has 1 aliphatic rings. The van der Waals surface area contributed by atoms with Gasteiger partial charge in [0.05, 0.1) is 12.2 Å². The van der Waals surface area contributed by atoms with Crippen LogP contribution in [0.3, 0.4) is 0 Å². The highest BCUT2D eigenvalue weighted by Gasteiger charge is 2.19. The van der Waals surface area contributed by atoms with Crippen molar-refractivity contribution >= 4 is 0 Å². The number of rotatable bonds is 6. The summed E-state index contributed by atoms with van der Waals surface area (Å²) in [5.41, 5.74) is 0. The van der Waals surface area contributed by atoms with E-state index in [2.05, 4.69) is 6.92 Å². The van der Waals surface area contributed by atoms with E-state index in [0.29, 0.717) is 0 Å². The van der Waals surface area contributed by atoms with Crippen LogP contribution in [-0.2, 0) is 9.47 Å². The molecule has 1 fully saturated rings. The summed E-state index contributed by atoms with van der Waals surface area (Å²) in [6.45, 7) is 2.09. The first-order valence-corrected chi connectivity index (χ1v) is 6.33. The Bertz CT molecular complexity index is 153. The second-order valence-corrected chi connectivity index (χ2v) is 4.80. The molecule has 1 saturated carbocycles. The molecule has 0 heterocycles. The van der Waals surface area contributed by atoms with Gasteiger partial charge in [0.15, 0.2) is 0 Å². The second-order valence-electron chi connectivity index (χ2n) is 4.80. The summed E-state index contributed by atoms with van der Waals surface area (Å²) in [5.74, 6) is 0.945. The molecule has 1 aliphatic carbocycles. The number of hydrogen-bond acceptors (Lipinski definition) is 2. The summed E-state index contributed by atoms with van der Waals surface area (Å²) in [7, 11) is 3.55. The molecule has 0 aromatic heterocycles. The molecule has 0 radical (unpaired) electrons. The second kappa shape index (κ2) is 7.24. The van der Waals surface area contributed by atoms with Gasteiger partial charge in [-0.2, -0.15) is 0 Å². The topological polar surface area (TPSA) is 18.5 Å². The molecule has 2 heteroatoms. The van der Waals surface area contributed by atoms with Gasteiger partial charge in [0, 0.05) is 14.2 Å². The molecule has 2 atom stereocenters. The summed E-state index contributed by atoms with van der Waals surface area (Å²) in [6, 6.07) is 0. The van der Waals surface area contributed by atoms with E-state index in [1.165, 1.54) is 38.5 Å². The van der Waals surface area contributed by atoms with Crippen LogP contribution in [0.1, 0.15) is 51.9 Å². The normalized spacial score (nSPS) is 22.6. The van der Waals surface area contributed by atoms with Crippen LogP contribution in [0.2, 0.25) is 0 Å². The molecule has 2 unspecified atom stereocenters. The van der Waals surface area contributed by atoms with Crippen molar-refractivity contribution in [1.29, 1.82) is 0 Å². The number of methoxy groups -OCH3 is 2. The molecule has 0 bridgehead atoms. The fourth-order valence-corrected chi connectivity index (χ4v) is 2.57. The van der Waals surface area contributed by atoms with Crippen molar-refractivity contribution in [2.24, 2.45) is 5.92 Å². The average Bonchev–Trinajstić information content (AvgIpc) is 2.31. The first kappa shape index (κ1) is 13.0. The predicted molar refractivity (Wildman–Crippen MR) is 63.1 cm³/mol. The molecule has 2 nitrogen and oxygen atoms in total. The highest BCUT2D eigenvalue weighted by molar-refractivity contribution is 4.71. The number of hydrogen-bond donors (Lipinski definition) is 0. The minimum atomic E-state index is 0.221. The van der Waals surface area contributed by atoms with Crippen molar-refractivity contribution in [2.75, 3.05) is 14.2 Å². The smallest absolute Gasteiger partial charge is 0.0830 e. The van der Waals surface area contributed by atoms with Gasteiger partial charge in [-0.25, -0.2) is 0 Å². The van der Waals surface area contributed by atoms with Gasteiger partial charge in [-0.05, 0) is 25.7 Å². The van der Waals surface area contributed by atoms with Crippen molar-refractivity contribution in [1.82, 2.24) is 0 Å². The first-order valence-electron chi connectivity index (χ1n) is 6.33. The van der Waals surface area contributed by atoms with Crippen LogP contribution < -0.4 is 0 Å². The van der Waals surface area contributed by atoms with Gasteiger partial charge < -0.3 is 9.47 Å². The average molecular weight is 214 g/mol. The van der Waals surface area contributed by atoms with Gasteiger partial charge in [0.1, 0.15) is 0 Å². The maximum atomic E-state index is 5.47. The molecule has 0 N–H and O–H groups in total. The Balaban J connectivity index is 2.20. The van der Waals surface area contributed by atoms with Crippen LogP contribution >= 0.6 is 0 Å². The lowest BCUT2D eigenvalue weighted by molar-refractivity contribution is -0.0330. The number of ether oxygens (including phenoxy) is 2. The lowest BCUT2D eigenvalue weighted by Gasteiger charge is -2.26.